The van der Waals surface area contributed by atoms with E-state index >= 15 is 8.78 Å². The van der Waals surface area contributed by atoms with Gasteiger partial charge in [-0.15, -0.1) is 0 Å². The molecular weight excluding hydrogens is 574 g/mol. The molecule has 35 heavy (non-hydrogen) atoms. The van der Waals surface area contributed by atoms with Crippen molar-refractivity contribution < 1.29 is 96.6 Å². The van der Waals surface area contributed by atoms with Crippen LogP contribution in [0.25, 0.3) is 0 Å². The summed E-state index contributed by atoms with van der Waals surface area (Å²) < 4.78 is 308. The van der Waals surface area contributed by atoms with Crippen molar-refractivity contribution in [3.05, 3.63) is 0 Å². The summed E-state index contributed by atoms with van der Waals surface area (Å²) >= 11 is 0. The number of halogens is 22. The van der Waals surface area contributed by atoms with Gasteiger partial charge in [-0.05, 0) is 0 Å². The maximum atomic E-state index is 15.0. The molecule has 0 aliphatic heterocycles. The van der Waals surface area contributed by atoms with Crippen molar-refractivity contribution in [3.63, 3.8) is 0 Å². The molecule has 3 saturated carbocycles. The first-order valence-electron chi connectivity index (χ1n) is 7.91. The van der Waals surface area contributed by atoms with Gasteiger partial charge in [-0.25, -0.2) is 17.6 Å². The summed E-state index contributed by atoms with van der Waals surface area (Å²) in [5.74, 6) is -79.1. The molecule has 3 rings (SSSR count). The summed E-state index contributed by atoms with van der Waals surface area (Å²) in [5.41, 5.74) is -36.6. The molecule has 0 aromatic rings. The van der Waals surface area contributed by atoms with Gasteiger partial charge >= 0.3 is 53.3 Å². The Balaban J connectivity index is 2.79. The van der Waals surface area contributed by atoms with Crippen LogP contribution in [0.3, 0.4) is 0 Å². The maximum absolute atomic E-state index is 15.0. The van der Waals surface area contributed by atoms with Gasteiger partial charge in [0.25, 0.3) is 22.7 Å². The third kappa shape index (κ3) is 1.69. The zero-order chi connectivity index (χ0) is 28.5. The van der Waals surface area contributed by atoms with Crippen LogP contribution >= 0.6 is 0 Å². The van der Waals surface area contributed by atoms with E-state index in [-0.39, 0.29) is 0 Å². The summed E-state index contributed by atoms with van der Waals surface area (Å²) in [5, 5.41) is 0. The van der Waals surface area contributed by atoms with Crippen LogP contribution in [-0.2, 0) is 0 Å². The van der Waals surface area contributed by atoms with Gasteiger partial charge < -0.3 is 0 Å². The number of hydrogen-bond acceptors (Lipinski definition) is 0. The molecule has 4 atom stereocenters. The number of fused-ring (bicyclic) bond motifs is 3. The predicted molar refractivity (Wildman–Crippen MR) is 59.9 cm³/mol. The average molecular weight is 574 g/mol. The fourth-order valence-electron chi connectivity index (χ4n) is 4.49. The second kappa shape index (κ2) is 5.50. The van der Waals surface area contributed by atoms with Crippen molar-refractivity contribution in [2.24, 2.45) is 0 Å². The molecule has 3 aliphatic carbocycles. The molecule has 0 saturated heterocycles. The van der Waals surface area contributed by atoms with Crippen LogP contribution in [0, 0.1) is 0 Å². The monoisotopic (exact) mass is 574 g/mol. The highest BCUT2D eigenvalue weighted by Gasteiger charge is 3.22. The molecule has 0 radical (unpaired) electrons. The van der Waals surface area contributed by atoms with Crippen molar-refractivity contribution in [3.8, 4) is 0 Å². The van der Waals surface area contributed by atoms with Crippen LogP contribution in [0.5, 0.6) is 0 Å². The molecule has 0 N–H and O–H groups in total. The minimum atomic E-state index is -9.23. The minimum absolute atomic E-state index is 8.55. The first kappa shape index (κ1) is 28.0. The summed E-state index contributed by atoms with van der Waals surface area (Å²) in [6, 6.07) is 0. The molecule has 3 aliphatic rings. The Hall–Kier alpha value is -1.54. The van der Waals surface area contributed by atoms with E-state index in [0.717, 1.165) is 0 Å². The zero-order valence-corrected chi connectivity index (χ0v) is 14.8. The second-order valence-electron chi connectivity index (χ2n) is 7.80. The Bertz CT molecular complexity index is 902. The van der Waals surface area contributed by atoms with Gasteiger partial charge in [-0.3, -0.25) is 0 Å². The molecule has 0 heterocycles. The predicted octanol–water partition coefficient (Wildman–Crippen LogP) is 6.58. The highest BCUT2D eigenvalue weighted by Crippen LogP contribution is 2.88. The van der Waals surface area contributed by atoms with Crippen LogP contribution in [0.1, 0.15) is 0 Å². The van der Waals surface area contributed by atoms with E-state index < -0.39 is 76.0 Å². The quantitative estimate of drug-likeness (QED) is 0.287. The summed E-state index contributed by atoms with van der Waals surface area (Å²) in [7, 11) is 0. The van der Waals surface area contributed by atoms with E-state index in [1.165, 1.54) is 0 Å². The standard InChI is InChI=1S/C13F22/c14-1-2(15)4(17,9(26,27)13(34,35)11(30,31)7(2,22)23)5(18,19)3(1,16)8(24,25)12(32,33)10(28,29)6(1,20)21/t1-,2+,3+,4-. The lowest BCUT2D eigenvalue weighted by Crippen LogP contribution is -2.92. The number of alkyl halides is 22. The van der Waals surface area contributed by atoms with Crippen molar-refractivity contribution >= 4 is 0 Å². The Morgan fingerprint density at radius 1 is 0.143 bits per heavy atom. The van der Waals surface area contributed by atoms with Gasteiger partial charge in [0.05, 0.1) is 0 Å². The summed E-state index contributed by atoms with van der Waals surface area (Å²) in [6.07, 6.45) is 0. The molecule has 0 aromatic carbocycles. The molecule has 0 unspecified atom stereocenters. The molecule has 0 spiro atoms. The third-order valence-electron chi connectivity index (χ3n) is 6.39. The summed E-state index contributed by atoms with van der Waals surface area (Å²) in [6.45, 7) is 0. The lowest BCUT2D eigenvalue weighted by molar-refractivity contribution is -0.502. The molecule has 0 nitrogen and oxygen atoms in total. The Morgan fingerprint density at radius 3 is 0.457 bits per heavy atom. The lowest BCUT2D eigenvalue weighted by atomic mass is 9.58. The van der Waals surface area contributed by atoms with E-state index in [9.17, 15) is 87.8 Å². The fraction of sp³-hybridized carbons (Fsp3) is 1.00. The van der Waals surface area contributed by atoms with Crippen LogP contribution in [0.15, 0.2) is 0 Å². The van der Waals surface area contributed by atoms with Crippen molar-refractivity contribution in [2.75, 3.05) is 0 Å². The van der Waals surface area contributed by atoms with Gasteiger partial charge in [-0.2, -0.15) is 79.0 Å². The van der Waals surface area contributed by atoms with Crippen molar-refractivity contribution in [1.29, 1.82) is 0 Å². The van der Waals surface area contributed by atoms with E-state index in [4.69, 9.17) is 0 Å². The SMILES string of the molecule is FC1(F)C(F)(F)C(F)(F)[C@@]2(F)[C@](F)(C1(F)F)C(F)(F)[C@]1(F)C(F)(F)C(F)(F)C(F)(F)C(F)(F)[C@]12F. The van der Waals surface area contributed by atoms with E-state index in [0.29, 0.717) is 0 Å². The van der Waals surface area contributed by atoms with E-state index in [2.05, 4.69) is 0 Å². The third-order valence-corrected chi connectivity index (χ3v) is 6.39. The lowest BCUT2D eigenvalue weighted by Gasteiger charge is -2.58. The van der Waals surface area contributed by atoms with Crippen LogP contribution in [-0.4, -0.2) is 76.0 Å². The fourth-order valence-corrected chi connectivity index (χ4v) is 4.49. The highest BCUT2D eigenvalue weighted by atomic mass is 19.4. The molecule has 206 valence electrons. The van der Waals surface area contributed by atoms with Gasteiger partial charge in [0, 0.05) is 0 Å². The van der Waals surface area contributed by atoms with Crippen LogP contribution in [0.4, 0.5) is 96.6 Å². The van der Waals surface area contributed by atoms with Gasteiger partial charge in [-0.1, -0.05) is 0 Å². The molecular formula is C13F22. The average Bonchev–Trinajstić information content (AvgIpc) is 2.75. The first-order chi connectivity index (χ1) is 14.8. The van der Waals surface area contributed by atoms with E-state index in [1.54, 1.807) is 0 Å². The number of hydrogen-bond donors (Lipinski definition) is 0. The Morgan fingerprint density at radius 2 is 0.286 bits per heavy atom. The summed E-state index contributed by atoms with van der Waals surface area (Å²) in [4.78, 5) is 0. The van der Waals surface area contributed by atoms with Gasteiger partial charge in [0.1, 0.15) is 0 Å². The first-order valence-corrected chi connectivity index (χ1v) is 7.91. The largest absolute Gasteiger partial charge is 0.382 e. The van der Waals surface area contributed by atoms with Gasteiger partial charge in [0.2, 0.25) is 0 Å². The smallest absolute Gasteiger partial charge is 0.229 e. The zero-order valence-electron chi connectivity index (χ0n) is 14.8. The van der Waals surface area contributed by atoms with Crippen molar-refractivity contribution in [1.82, 2.24) is 0 Å². The van der Waals surface area contributed by atoms with Gasteiger partial charge in [0.15, 0.2) is 0 Å². The topological polar surface area (TPSA) is 0 Å². The Kier molecular flexibility index (Phi) is 4.40. The molecule has 3 fully saturated rings. The number of rotatable bonds is 0. The van der Waals surface area contributed by atoms with Crippen LogP contribution < -0.4 is 0 Å². The molecule has 22 heteroatoms. The minimum Gasteiger partial charge on any atom is -0.229 e. The van der Waals surface area contributed by atoms with Crippen molar-refractivity contribution in [2.45, 2.75) is 76.0 Å². The molecule has 0 bridgehead atoms. The molecule has 0 amide bonds. The highest BCUT2D eigenvalue weighted by molar-refractivity contribution is 5.54. The maximum Gasteiger partial charge on any atom is 0.382 e. The van der Waals surface area contributed by atoms with Crippen LogP contribution in [0.2, 0.25) is 0 Å². The normalized spacial score (nSPS) is 48.5. The second-order valence-corrected chi connectivity index (χ2v) is 7.80. The molecule has 0 aromatic heterocycles. The van der Waals surface area contributed by atoms with E-state index in [1.807, 2.05) is 0 Å². The Labute approximate surface area is 174 Å².